The molecule has 0 saturated carbocycles. The number of carbonyl (C=O) groups excluding carboxylic acids is 1. The molecule has 0 aliphatic heterocycles. The van der Waals surface area contributed by atoms with Crippen molar-refractivity contribution >= 4 is 5.91 Å². The lowest BCUT2D eigenvalue weighted by molar-refractivity contribution is -0.119. The van der Waals surface area contributed by atoms with Crippen LogP contribution in [0, 0.1) is 6.92 Å². The third-order valence-corrected chi connectivity index (χ3v) is 0.881. The lowest BCUT2D eigenvalue weighted by Gasteiger charge is -2.01. The molecule has 8 heavy (non-hydrogen) atoms. The lowest BCUT2D eigenvalue weighted by atomic mass is 10.2. The van der Waals surface area contributed by atoms with Gasteiger partial charge < -0.3 is 11.5 Å². The van der Waals surface area contributed by atoms with Gasteiger partial charge in [0.1, 0.15) is 0 Å². The van der Waals surface area contributed by atoms with E-state index in [1.54, 1.807) is 0 Å². The van der Waals surface area contributed by atoms with Crippen LogP contribution >= 0.6 is 0 Å². The van der Waals surface area contributed by atoms with Crippen molar-refractivity contribution in [3.8, 4) is 0 Å². The first-order valence-electron chi connectivity index (χ1n) is 2.52. The Morgan fingerprint density at radius 3 is 2.38 bits per heavy atom. The molecule has 1 unspecified atom stereocenters. The molecule has 1 amide bonds. The van der Waals surface area contributed by atoms with Gasteiger partial charge in [-0.05, 0) is 6.42 Å². The lowest BCUT2D eigenvalue weighted by Crippen LogP contribution is -2.35. The fourth-order valence-corrected chi connectivity index (χ4v) is 0.362. The standard InChI is InChI=1S/C5H11N2O/c1-2-3-4(6)5(7)8/h4H,1-3,6H2,(H2,7,8). The van der Waals surface area contributed by atoms with E-state index < -0.39 is 11.9 Å². The van der Waals surface area contributed by atoms with Crippen LogP contribution in [0.1, 0.15) is 12.8 Å². The molecule has 0 aromatic carbocycles. The maximum absolute atomic E-state index is 10.2. The van der Waals surface area contributed by atoms with Crippen LogP contribution in [0.2, 0.25) is 0 Å². The third-order valence-electron chi connectivity index (χ3n) is 0.881. The fourth-order valence-electron chi connectivity index (χ4n) is 0.362. The molecular formula is C5H11N2O. The Kier molecular flexibility index (Phi) is 3.19. The van der Waals surface area contributed by atoms with E-state index >= 15 is 0 Å². The number of carbonyl (C=O) groups is 1. The Labute approximate surface area is 49.0 Å². The van der Waals surface area contributed by atoms with Gasteiger partial charge in [0.15, 0.2) is 0 Å². The van der Waals surface area contributed by atoms with Crippen molar-refractivity contribution in [1.82, 2.24) is 0 Å². The van der Waals surface area contributed by atoms with Crippen LogP contribution in [0.5, 0.6) is 0 Å². The monoisotopic (exact) mass is 115 g/mol. The van der Waals surface area contributed by atoms with E-state index in [0.717, 1.165) is 0 Å². The first-order valence-corrected chi connectivity index (χ1v) is 2.52. The average Bonchev–Trinajstić information content (AvgIpc) is 1.67. The molecule has 0 spiro atoms. The number of primary amides is 1. The molecular weight excluding hydrogens is 104 g/mol. The van der Waals surface area contributed by atoms with Crippen molar-refractivity contribution in [3.05, 3.63) is 6.92 Å². The first-order chi connectivity index (χ1) is 3.68. The number of amides is 1. The minimum absolute atomic E-state index is 0.450. The van der Waals surface area contributed by atoms with Crippen LogP contribution in [-0.4, -0.2) is 11.9 Å². The van der Waals surface area contributed by atoms with E-state index in [1.807, 2.05) is 0 Å². The molecule has 0 aliphatic rings. The van der Waals surface area contributed by atoms with Crippen LogP contribution in [0.4, 0.5) is 0 Å². The summed E-state index contributed by atoms with van der Waals surface area (Å²) in [6.07, 6.45) is 1.24. The number of hydrogen-bond donors (Lipinski definition) is 2. The molecule has 3 nitrogen and oxygen atoms in total. The normalized spacial score (nSPS) is 13.2. The number of hydrogen-bond acceptors (Lipinski definition) is 2. The summed E-state index contributed by atoms with van der Waals surface area (Å²) in [6.45, 7) is 3.52. The highest BCUT2D eigenvalue weighted by molar-refractivity contribution is 5.79. The number of nitrogens with two attached hydrogens (primary N) is 2. The Hall–Kier alpha value is -0.570. The molecule has 1 atom stereocenters. The molecule has 0 aliphatic carbocycles. The average molecular weight is 115 g/mol. The van der Waals surface area contributed by atoms with Crippen molar-refractivity contribution in [1.29, 1.82) is 0 Å². The Morgan fingerprint density at radius 1 is 1.75 bits per heavy atom. The quantitative estimate of drug-likeness (QED) is 0.516. The first kappa shape index (κ1) is 7.43. The molecule has 0 aromatic rings. The van der Waals surface area contributed by atoms with Crippen molar-refractivity contribution in [3.63, 3.8) is 0 Å². The van der Waals surface area contributed by atoms with Crippen molar-refractivity contribution in [2.45, 2.75) is 18.9 Å². The van der Waals surface area contributed by atoms with Crippen molar-refractivity contribution in [2.24, 2.45) is 11.5 Å². The van der Waals surface area contributed by atoms with Gasteiger partial charge in [0.25, 0.3) is 0 Å². The molecule has 0 heterocycles. The topological polar surface area (TPSA) is 69.1 Å². The maximum atomic E-state index is 10.2. The predicted molar refractivity (Wildman–Crippen MR) is 31.8 cm³/mol. The van der Waals surface area contributed by atoms with Gasteiger partial charge in [-0.15, -0.1) is 0 Å². The summed E-state index contributed by atoms with van der Waals surface area (Å²) in [4.78, 5) is 10.2. The minimum Gasteiger partial charge on any atom is -0.368 e. The molecule has 0 aromatic heterocycles. The van der Waals surface area contributed by atoms with Gasteiger partial charge in [0, 0.05) is 0 Å². The van der Waals surface area contributed by atoms with Crippen molar-refractivity contribution in [2.75, 3.05) is 0 Å². The highest BCUT2D eigenvalue weighted by Crippen LogP contribution is 1.89. The van der Waals surface area contributed by atoms with E-state index in [2.05, 4.69) is 6.92 Å². The van der Waals surface area contributed by atoms with Crippen LogP contribution in [0.15, 0.2) is 0 Å². The number of rotatable bonds is 3. The largest absolute Gasteiger partial charge is 0.368 e. The van der Waals surface area contributed by atoms with Gasteiger partial charge in [-0.2, -0.15) is 0 Å². The summed E-state index contributed by atoms with van der Waals surface area (Å²) in [6, 6.07) is -0.507. The second-order valence-corrected chi connectivity index (χ2v) is 1.65. The smallest absolute Gasteiger partial charge is 0.234 e. The van der Waals surface area contributed by atoms with Crippen LogP contribution < -0.4 is 11.5 Å². The molecule has 1 radical (unpaired) electrons. The summed E-state index contributed by atoms with van der Waals surface area (Å²) in [5.74, 6) is -0.450. The molecule has 0 saturated heterocycles. The highest BCUT2D eigenvalue weighted by Gasteiger charge is 2.05. The zero-order valence-electron chi connectivity index (χ0n) is 4.76. The zero-order valence-corrected chi connectivity index (χ0v) is 4.76. The molecule has 0 rings (SSSR count). The molecule has 4 N–H and O–H groups in total. The van der Waals surface area contributed by atoms with E-state index in [4.69, 9.17) is 11.5 Å². The van der Waals surface area contributed by atoms with E-state index in [1.165, 1.54) is 0 Å². The third kappa shape index (κ3) is 2.58. The summed E-state index contributed by atoms with van der Waals surface area (Å²) in [5.41, 5.74) is 10.0. The second kappa shape index (κ2) is 3.43. The summed E-state index contributed by atoms with van der Waals surface area (Å²) < 4.78 is 0. The van der Waals surface area contributed by atoms with Gasteiger partial charge in [-0.1, -0.05) is 13.3 Å². The van der Waals surface area contributed by atoms with Crippen LogP contribution in [0.3, 0.4) is 0 Å². The SMILES string of the molecule is [CH2]CCC(N)C(N)=O. The van der Waals surface area contributed by atoms with Gasteiger partial charge in [-0.3, -0.25) is 4.79 Å². The van der Waals surface area contributed by atoms with Gasteiger partial charge >= 0.3 is 0 Å². The summed E-state index contributed by atoms with van der Waals surface area (Å²) in [7, 11) is 0. The molecule has 0 fully saturated rings. The highest BCUT2D eigenvalue weighted by atomic mass is 16.1. The van der Waals surface area contributed by atoms with Gasteiger partial charge in [0.2, 0.25) is 5.91 Å². The van der Waals surface area contributed by atoms with Crippen molar-refractivity contribution < 1.29 is 4.79 Å². The summed E-state index contributed by atoms with van der Waals surface area (Å²) in [5, 5.41) is 0. The Morgan fingerprint density at radius 2 is 2.25 bits per heavy atom. The predicted octanol–water partition coefficient (Wildman–Crippen LogP) is -0.587. The van der Waals surface area contributed by atoms with Crippen LogP contribution in [0.25, 0.3) is 0 Å². The molecule has 0 bridgehead atoms. The molecule has 3 heteroatoms. The van der Waals surface area contributed by atoms with E-state index in [9.17, 15) is 4.79 Å². The van der Waals surface area contributed by atoms with Crippen LogP contribution in [-0.2, 0) is 4.79 Å². The Bertz CT molecular complexity index is 82.5. The van der Waals surface area contributed by atoms with Gasteiger partial charge in [0.05, 0.1) is 6.04 Å². The zero-order chi connectivity index (χ0) is 6.57. The minimum atomic E-state index is -0.507. The fraction of sp³-hybridized carbons (Fsp3) is 0.600. The second-order valence-electron chi connectivity index (χ2n) is 1.65. The van der Waals surface area contributed by atoms with E-state index in [-0.39, 0.29) is 0 Å². The van der Waals surface area contributed by atoms with E-state index in [0.29, 0.717) is 12.8 Å². The molecule has 47 valence electrons. The maximum Gasteiger partial charge on any atom is 0.234 e. The summed E-state index contributed by atoms with van der Waals surface area (Å²) >= 11 is 0. The van der Waals surface area contributed by atoms with Gasteiger partial charge in [-0.25, -0.2) is 0 Å². The Balaban J connectivity index is 3.32.